The quantitative estimate of drug-likeness (QED) is 0.334. The van der Waals surface area contributed by atoms with Gasteiger partial charge in [0.05, 0.1) is 18.7 Å². The zero-order valence-electron chi connectivity index (χ0n) is 20.8. The monoisotopic (exact) mass is 500 g/mol. The Bertz CT molecular complexity index is 1480. The number of benzene rings is 2. The number of nitrogen functional groups attached to an aromatic ring is 1. The summed E-state index contributed by atoms with van der Waals surface area (Å²) in [6.45, 7) is 5.19. The number of Topliss-reactive ketones (excluding diaryl/α,β-unsaturated/α-hetero) is 1. The molecule has 0 saturated heterocycles. The van der Waals surface area contributed by atoms with Gasteiger partial charge in [0.2, 0.25) is 17.6 Å². The molecule has 0 unspecified atom stereocenters. The molecule has 2 heterocycles. The molecule has 2 aromatic heterocycles. The number of nitrogens with zero attached hydrogens (tertiary/aromatic N) is 4. The summed E-state index contributed by atoms with van der Waals surface area (Å²) in [7, 11) is 0. The number of carbonyl (C=O) groups is 2. The van der Waals surface area contributed by atoms with E-state index in [-0.39, 0.29) is 24.0 Å². The zero-order valence-corrected chi connectivity index (χ0v) is 20.8. The van der Waals surface area contributed by atoms with E-state index >= 15 is 0 Å². The molecule has 4 aromatic rings. The first-order valence-electron chi connectivity index (χ1n) is 11.8. The molecule has 0 saturated carbocycles. The highest BCUT2D eigenvalue weighted by Gasteiger charge is 2.30. The summed E-state index contributed by atoms with van der Waals surface area (Å²) >= 11 is 0. The minimum atomic E-state index is -0.940. The second kappa shape index (κ2) is 11.0. The lowest BCUT2D eigenvalue weighted by Crippen LogP contribution is -2.46. The molecule has 2 aromatic carbocycles. The third-order valence-electron chi connectivity index (χ3n) is 5.79. The van der Waals surface area contributed by atoms with E-state index in [0.29, 0.717) is 23.7 Å². The number of amides is 1. The summed E-state index contributed by atoms with van der Waals surface area (Å²) in [4.78, 5) is 43.2. The van der Waals surface area contributed by atoms with Crippen LogP contribution in [0.25, 0.3) is 11.4 Å². The number of nitrogens with two attached hydrogens (primary N) is 1. The first-order chi connectivity index (χ1) is 17.7. The fourth-order valence-corrected chi connectivity index (χ4v) is 3.92. The number of nitrogens with one attached hydrogen (secondary N) is 1. The molecule has 37 heavy (non-hydrogen) atoms. The highest BCUT2D eigenvalue weighted by Crippen LogP contribution is 2.17. The van der Waals surface area contributed by atoms with Crippen molar-refractivity contribution in [2.75, 3.05) is 5.73 Å². The van der Waals surface area contributed by atoms with Crippen molar-refractivity contribution in [3.8, 4) is 11.4 Å². The molecule has 1 atom stereocenters. The maximum Gasteiger partial charge on any atom is 0.286 e. The number of hydrogen-bond acceptors (Lipinski definition) is 8. The van der Waals surface area contributed by atoms with Crippen LogP contribution in [0, 0.1) is 12.8 Å². The lowest BCUT2D eigenvalue weighted by molar-refractivity contribution is -0.122. The molecular formula is C27H28N6O4. The SMILES string of the molecule is Cc1cccc(Cc2nnc(C(=O)[C@@H](NC(=O)Cn3c(-c4ccccc4)ncc(N)c3=O)C(C)C)o2)c1. The highest BCUT2D eigenvalue weighted by atomic mass is 16.4. The van der Waals surface area contributed by atoms with Gasteiger partial charge in [0.1, 0.15) is 18.1 Å². The van der Waals surface area contributed by atoms with Crippen LogP contribution in [0.3, 0.4) is 0 Å². The summed E-state index contributed by atoms with van der Waals surface area (Å²) in [6, 6.07) is 15.9. The van der Waals surface area contributed by atoms with Crippen molar-refractivity contribution in [3.05, 3.63) is 94.1 Å². The van der Waals surface area contributed by atoms with E-state index in [4.69, 9.17) is 10.2 Å². The van der Waals surface area contributed by atoms with Crippen LogP contribution in [0.1, 0.15) is 41.6 Å². The molecular weight excluding hydrogens is 472 g/mol. The molecule has 0 aliphatic rings. The van der Waals surface area contributed by atoms with E-state index in [2.05, 4.69) is 20.5 Å². The second-order valence-corrected chi connectivity index (χ2v) is 9.11. The van der Waals surface area contributed by atoms with Crippen molar-refractivity contribution in [1.82, 2.24) is 25.1 Å². The molecule has 0 bridgehead atoms. The normalized spacial score (nSPS) is 11.9. The number of aromatic nitrogens is 4. The predicted molar refractivity (Wildman–Crippen MR) is 138 cm³/mol. The Morgan fingerprint density at radius 3 is 2.54 bits per heavy atom. The van der Waals surface area contributed by atoms with Gasteiger partial charge in [-0.05, 0) is 18.4 Å². The Hall–Kier alpha value is -4.60. The summed E-state index contributed by atoms with van der Waals surface area (Å²) in [5, 5.41) is 10.6. The van der Waals surface area contributed by atoms with Crippen LogP contribution in [0.5, 0.6) is 0 Å². The number of ketones is 1. The lowest BCUT2D eigenvalue weighted by atomic mass is 9.99. The minimum Gasteiger partial charge on any atom is -0.418 e. The maximum absolute atomic E-state index is 13.2. The zero-order chi connectivity index (χ0) is 26.5. The van der Waals surface area contributed by atoms with Crippen molar-refractivity contribution in [3.63, 3.8) is 0 Å². The Balaban J connectivity index is 1.52. The summed E-state index contributed by atoms with van der Waals surface area (Å²) in [5.41, 5.74) is 7.86. The predicted octanol–water partition coefficient (Wildman–Crippen LogP) is 2.80. The molecule has 10 nitrogen and oxygen atoms in total. The van der Waals surface area contributed by atoms with Crippen molar-refractivity contribution in [2.45, 2.75) is 39.8 Å². The van der Waals surface area contributed by atoms with Gasteiger partial charge in [-0.15, -0.1) is 10.2 Å². The molecule has 0 radical (unpaired) electrons. The second-order valence-electron chi connectivity index (χ2n) is 9.11. The van der Waals surface area contributed by atoms with Crippen molar-refractivity contribution < 1.29 is 14.0 Å². The van der Waals surface area contributed by atoms with Gasteiger partial charge in [0, 0.05) is 5.56 Å². The minimum absolute atomic E-state index is 0.0871. The maximum atomic E-state index is 13.2. The molecule has 0 aliphatic carbocycles. The van der Waals surface area contributed by atoms with E-state index in [1.165, 1.54) is 10.8 Å². The van der Waals surface area contributed by atoms with Gasteiger partial charge in [-0.25, -0.2) is 4.98 Å². The van der Waals surface area contributed by atoms with Crippen LogP contribution in [-0.4, -0.2) is 37.5 Å². The van der Waals surface area contributed by atoms with Gasteiger partial charge in [-0.1, -0.05) is 74.0 Å². The third kappa shape index (κ3) is 5.97. The van der Waals surface area contributed by atoms with Gasteiger partial charge in [0.25, 0.3) is 11.4 Å². The summed E-state index contributed by atoms with van der Waals surface area (Å²) in [6.07, 6.45) is 1.65. The van der Waals surface area contributed by atoms with Crippen LogP contribution in [0.2, 0.25) is 0 Å². The number of rotatable bonds is 9. The van der Waals surface area contributed by atoms with Crippen LogP contribution in [0.4, 0.5) is 5.69 Å². The standard InChI is InChI=1S/C27H28N6O4/c1-16(2)23(24(35)26-32-31-22(37-26)13-18-9-7-8-17(3)12-18)30-21(34)15-33-25(19-10-5-4-6-11-19)29-14-20(28)27(33)36/h4-12,14,16,23H,13,15,28H2,1-3H3,(H,30,34)/t23-/m0/s1. The molecule has 1 amide bonds. The molecule has 0 fully saturated rings. The number of carbonyl (C=O) groups excluding carboxylic acids is 2. The van der Waals surface area contributed by atoms with Crippen molar-refractivity contribution >= 4 is 17.4 Å². The highest BCUT2D eigenvalue weighted by molar-refractivity contribution is 5.98. The molecule has 0 aliphatic heterocycles. The Labute approximate surface area is 213 Å². The van der Waals surface area contributed by atoms with Crippen LogP contribution >= 0.6 is 0 Å². The first-order valence-corrected chi connectivity index (χ1v) is 11.8. The smallest absolute Gasteiger partial charge is 0.286 e. The lowest BCUT2D eigenvalue weighted by Gasteiger charge is -2.20. The van der Waals surface area contributed by atoms with E-state index < -0.39 is 23.3 Å². The van der Waals surface area contributed by atoms with E-state index in [0.717, 1.165) is 11.1 Å². The Kier molecular flexibility index (Phi) is 7.57. The van der Waals surface area contributed by atoms with Gasteiger partial charge < -0.3 is 15.5 Å². The Morgan fingerprint density at radius 1 is 1.08 bits per heavy atom. The summed E-state index contributed by atoms with van der Waals surface area (Å²) in [5.74, 6) is -0.944. The number of hydrogen-bond donors (Lipinski definition) is 2. The molecule has 3 N–H and O–H groups in total. The molecule has 10 heteroatoms. The fourth-order valence-electron chi connectivity index (χ4n) is 3.92. The molecule has 0 spiro atoms. The van der Waals surface area contributed by atoms with Crippen molar-refractivity contribution in [2.24, 2.45) is 5.92 Å². The Morgan fingerprint density at radius 2 is 1.84 bits per heavy atom. The average molecular weight is 501 g/mol. The van der Waals surface area contributed by atoms with Gasteiger partial charge in [-0.3, -0.25) is 19.0 Å². The number of aryl methyl sites for hydroxylation is 1. The van der Waals surface area contributed by atoms with Crippen molar-refractivity contribution in [1.29, 1.82) is 0 Å². The first kappa shape index (κ1) is 25.5. The molecule has 190 valence electrons. The van der Waals surface area contributed by atoms with Gasteiger partial charge in [0.15, 0.2) is 0 Å². The van der Waals surface area contributed by atoms with E-state index in [1.54, 1.807) is 38.1 Å². The van der Waals surface area contributed by atoms with E-state index in [1.807, 2.05) is 37.3 Å². The number of anilines is 1. The van der Waals surface area contributed by atoms with Gasteiger partial charge in [-0.2, -0.15) is 0 Å². The van der Waals surface area contributed by atoms with E-state index in [9.17, 15) is 14.4 Å². The topological polar surface area (TPSA) is 146 Å². The molecule has 4 rings (SSSR count). The van der Waals surface area contributed by atoms with Crippen LogP contribution in [0.15, 0.2) is 70.0 Å². The fraction of sp³-hybridized carbons (Fsp3) is 0.259. The third-order valence-corrected chi connectivity index (χ3v) is 5.79. The van der Waals surface area contributed by atoms with Crippen LogP contribution < -0.4 is 16.6 Å². The van der Waals surface area contributed by atoms with Gasteiger partial charge >= 0.3 is 0 Å². The van der Waals surface area contributed by atoms with Crippen LogP contribution in [-0.2, 0) is 17.8 Å². The average Bonchev–Trinajstić information content (AvgIpc) is 3.34. The largest absolute Gasteiger partial charge is 0.418 e. The summed E-state index contributed by atoms with van der Waals surface area (Å²) < 4.78 is 6.82.